The van der Waals surface area contributed by atoms with E-state index in [9.17, 15) is 5.11 Å². The Morgan fingerprint density at radius 3 is 1.95 bits per heavy atom. The van der Waals surface area contributed by atoms with Crippen LogP contribution in [-0.2, 0) is 9.47 Å². The molecule has 0 aliphatic heterocycles. The number of hydrogen-bond acceptors (Lipinski definition) is 5. The van der Waals surface area contributed by atoms with Crippen molar-refractivity contribution >= 4 is 0 Å². The third-order valence-electron chi connectivity index (χ3n) is 3.52. The topological polar surface area (TPSA) is 57.2 Å². The molecule has 1 aliphatic carbocycles. The molecule has 0 heterocycles. The number of benzene rings is 1. The zero-order valence-corrected chi connectivity index (χ0v) is 12.1. The summed E-state index contributed by atoms with van der Waals surface area (Å²) in [6.07, 6.45) is 4.63. The van der Waals surface area contributed by atoms with E-state index < -0.39 is 0 Å². The summed E-state index contributed by atoms with van der Waals surface area (Å²) in [7, 11) is 3.14. The van der Waals surface area contributed by atoms with Crippen molar-refractivity contribution in [3.05, 3.63) is 17.7 Å². The maximum absolute atomic E-state index is 9.82. The fraction of sp³-hybridized carbons (Fsp3) is 0.600. The average molecular weight is 282 g/mol. The molecule has 0 spiro atoms. The number of ether oxygens (including phenoxy) is 4. The van der Waals surface area contributed by atoms with Crippen molar-refractivity contribution in [3.8, 4) is 17.2 Å². The van der Waals surface area contributed by atoms with Gasteiger partial charge in [-0.25, -0.2) is 0 Å². The lowest BCUT2D eigenvalue weighted by Crippen LogP contribution is -2.08. The van der Waals surface area contributed by atoms with Crippen LogP contribution < -0.4 is 9.47 Å². The number of rotatable bonds is 7. The Kier molecular flexibility index (Phi) is 5.49. The van der Waals surface area contributed by atoms with Gasteiger partial charge in [-0.05, 0) is 18.8 Å². The normalized spacial score (nSPS) is 15.5. The predicted octanol–water partition coefficient (Wildman–Crippen LogP) is 3.02. The van der Waals surface area contributed by atoms with Crippen LogP contribution in [0.15, 0.2) is 12.1 Å². The highest BCUT2D eigenvalue weighted by molar-refractivity contribution is 5.52. The molecule has 1 aromatic rings. The lowest BCUT2D eigenvalue weighted by Gasteiger charge is -2.20. The van der Waals surface area contributed by atoms with E-state index >= 15 is 0 Å². The smallest absolute Gasteiger partial charge is 0.188 e. The fourth-order valence-corrected chi connectivity index (χ4v) is 2.69. The molecule has 2 rings (SSSR count). The first-order valence-electron chi connectivity index (χ1n) is 6.86. The van der Waals surface area contributed by atoms with Gasteiger partial charge in [0.25, 0.3) is 0 Å². The van der Waals surface area contributed by atoms with Crippen LogP contribution in [0.1, 0.15) is 37.2 Å². The van der Waals surface area contributed by atoms with E-state index in [0.717, 1.165) is 18.4 Å². The van der Waals surface area contributed by atoms with Gasteiger partial charge in [0.15, 0.2) is 13.6 Å². The highest BCUT2D eigenvalue weighted by atomic mass is 16.7. The summed E-state index contributed by atoms with van der Waals surface area (Å²) in [5.41, 5.74) is 1.01. The van der Waals surface area contributed by atoms with Crippen molar-refractivity contribution in [1.29, 1.82) is 0 Å². The van der Waals surface area contributed by atoms with E-state index in [1.165, 1.54) is 12.8 Å². The van der Waals surface area contributed by atoms with Gasteiger partial charge in [-0.1, -0.05) is 12.8 Å². The number of hydrogen-bond donors (Lipinski definition) is 1. The summed E-state index contributed by atoms with van der Waals surface area (Å²) in [5, 5.41) is 9.82. The van der Waals surface area contributed by atoms with Crippen LogP contribution in [0.3, 0.4) is 0 Å². The highest BCUT2D eigenvalue weighted by Gasteiger charge is 2.25. The quantitative estimate of drug-likeness (QED) is 0.779. The summed E-state index contributed by atoms with van der Waals surface area (Å²) in [4.78, 5) is 0. The number of phenolic OH excluding ortho intramolecular Hbond substituents is 1. The van der Waals surface area contributed by atoms with Crippen LogP contribution in [0.5, 0.6) is 17.2 Å². The Morgan fingerprint density at radius 1 is 1.00 bits per heavy atom. The zero-order chi connectivity index (χ0) is 14.4. The molecule has 1 aromatic carbocycles. The minimum atomic E-state index is 0.115. The van der Waals surface area contributed by atoms with Gasteiger partial charge >= 0.3 is 0 Å². The summed E-state index contributed by atoms with van der Waals surface area (Å²) < 4.78 is 21.1. The van der Waals surface area contributed by atoms with Crippen molar-refractivity contribution in [2.45, 2.75) is 31.6 Å². The molecule has 5 heteroatoms. The summed E-state index contributed by atoms with van der Waals surface area (Å²) in [6, 6.07) is 3.23. The Labute approximate surface area is 119 Å². The first-order chi connectivity index (χ1) is 9.76. The lowest BCUT2D eigenvalue weighted by molar-refractivity contribution is 0.0439. The second-order valence-corrected chi connectivity index (χ2v) is 4.94. The van der Waals surface area contributed by atoms with Crippen LogP contribution in [0.4, 0.5) is 0 Å². The maximum atomic E-state index is 9.82. The predicted molar refractivity (Wildman–Crippen MR) is 74.3 cm³/mol. The van der Waals surface area contributed by atoms with E-state index in [-0.39, 0.29) is 19.3 Å². The van der Waals surface area contributed by atoms with Gasteiger partial charge in [-0.2, -0.15) is 0 Å². The standard InChI is InChI=1S/C15H22O5/c1-17-9-19-13-7-12(16)8-14(20-10-18-2)15(13)11-5-3-4-6-11/h7-8,11,16H,3-6,9-10H2,1-2H3. The molecule has 5 nitrogen and oxygen atoms in total. The van der Waals surface area contributed by atoms with Crippen LogP contribution >= 0.6 is 0 Å². The monoisotopic (exact) mass is 282 g/mol. The molecule has 0 aromatic heterocycles. The van der Waals surface area contributed by atoms with Gasteiger partial charge < -0.3 is 24.1 Å². The minimum Gasteiger partial charge on any atom is -0.508 e. The van der Waals surface area contributed by atoms with Crippen LogP contribution in [-0.4, -0.2) is 32.9 Å². The molecule has 1 saturated carbocycles. The number of phenols is 1. The van der Waals surface area contributed by atoms with Gasteiger partial charge in [0.1, 0.15) is 17.2 Å². The average Bonchev–Trinajstić information content (AvgIpc) is 2.96. The van der Waals surface area contributed by atoms with Crippen molar-refractivity contribution < 1.29 is 24.1 Å². The van der Waals surface area contributed by atoms with Gasteiger partial charge in [0.05, 0.1) is 0 Å². The minimum absolute atomic E-state index is 0.115. The third-order valence-corrected chi connectivity index (χ3v) is 3.52. The Bertz CT molecular complexity index is 397. The molecule has 0 amide bonds. The fourth-order valence-electron chi connectivity index (χ4n) is 2.69. The van der Waals surface area contributed by atoms with E-state index in [2.05, 4.69) is 0 Å². The molecule has 0 bridgehead atoms. The zero-order valence-electron chi connectivity index (χ0n) is 12.1. The van der Waals surface area contributed by atoms with E-state index in [0.29, 0.717) is 17.4 Å². The number of aromatic hydroxyl groups is 1. The lowest BCUT2D eigenvalue weighted by atomic mass is 9.95. The molecule has 1 aliphatic rings. The number of methoxy groups -OCH3 is 2. The molecule has 0 radical (unpaired) electrons. The molecule has 112 valence electrons. The van der Waals surface area contributed by atoms with E-state index in [4.69, 9.17) is 18.9 Å². The van der Waals surface area contributed by atoms with Gasteiger partial charge in [0, 0.05) is 31.9 Å². The second-order valence-electron chi connectivity index (χ2n) is 4.94. The Hall–Kier alpha value is -1.46. The summed E-state index contributed by atoms with van der Waals surface area (Å²) >= 11 is 0. The second kappa shape index (κ2) is 7.36. The first-order valence-corrected chi connectivity index (χ1v) is 6.86. The molecule has 0 saturated heterocycles. The van der Waals surface area contributed by atoms with Gasteiger partial charge in [-0.3, -0.25) is 0 Å². The van der Waals surface area contributed by atoms with Gasteiger partial charge in [-0.15, -0.1) is 0 Å². The third kappa shape index (κ3) is 3.55. The highest BCUT2D eigenvalue weighted by Crippen LogP contribution is 2.45. The molecular formula is C15H22O5. The van der Waals surface area contributed by atoms with Crippen LogP contribution in [0, 0.1) is 0 Å². The van der Waals surface area contributed by atoms with Crippen molar-refractivity contribution in [2.24, 2.45) is 0 Å². The molecule has 1 N–H and O–H groups in total. The van der Waals surface area contributed by atoms with Crippen molar-refractivity contribution in [2.75, 3.05) is 27.8 Å². The largest absolute Gasteiger partial charge is 0.508 e. The SMILES string of the molecule is COCOc1cc(O)cc(OCOC)c1C1CCCC1. The Morgan fingerprint density at radius 2 is 1.50 bits per heavy atom. The molecular weight excluding hydrogens is 260 g/mol. The summed E-state index contributed by atoms with van der Waals surface area (Å²) in [5.74, 6) is 1.77. The Balaban J connectivity index is 2.33. The molecule has 1 fully saturated rings. The summed E-state index contributed by atoms with van der Waals surface area (Å²) in [6.45, 7) is 0.291. The molecule has 0 atom stereocenters. The van der Waals surface area contributed by atoms with Crippen LogP contribution in [0.2, 0.25) is 0 Å². The first kappa shape index (κ1) is 14.9. The van der Waals surface area contributed by atoms with Gasteiger partial charge in [0.2, 0.25) is 0 Å². The van der Waals surface area contributed by atoms with Crippen molar-refractivity contribution in [1.82, 2.24) is 0 Å². The molecule has 20 heavy (non-hydrogen) atoms. The molecule has 0 unspecified atom stereocenters. The van der Waals surface area contributed by atoms with Crippen molar-refractivity contribution in [3.63, 3.8) is 0 Å². The van der Waals surface area contributed by atoms with E-state index in [1.807, 2.05) is 0 Å². The maximum Gasteiger partial charge on any atom is 0.188 e. The van der Waals surface area contributed by atoms with E-state index in [1.54, 1.807) is 26.4 Å². The van der Waals surface area contributed by atoms with Crippen LogP contribution in [0.25, 0.3) is 0 Å².